The van der Waals surface area contributed by atoms with Crippen LogP contribution in [0.2, 0.25) is 13.1 Å². The number of hydrogen-bond donors (Lipinski definition) is 1. The number of hydrogen-bond acceptors (Lipinski definition) is 2. The van der Waals surface area contributed by atoms with E-state index in [0.717, 1.165) is 6.54 Å². The second-order valence-electron chi connectivity index (χ2n) is 2.71. The first-order valence-corrected chi connectivity index (χ1v) is 6.26. The lowest BCUT2D eigenvalue weighted by atomic mass is 10.8. The van der Waals surface area contributed by atoms with E-state index in [-0.39, 0.29) is 0 Å². The standard InChI is InChI=1S/C6H15NOSi/c1-5-7-9(3,4)6(2)8/h7H,5H2,1-4H3. The van der Waals surface area contributed by atoms with Gasteiger partial charge in [-0.3, -0.25) is 0 Å². The van der Waals surface area contributed by atoms with Gasteiger partial charge in [0.2, 0.25) is 0 Å². The van der Waals surface area contributed by atoms with Crippen LogP contribution in [0.3, 0.4) is 0 Å². The summed E-state index contributed by atoms with van der Waals surface area (Å²) in [7, 11) is -1.67. The first-order chi connectivity index (χ1) is 4.00. The highest BCUT2D eigenvalue weighted by molar-refractivity contribution is 7.02. The third kappa shape index (κ3) is 2.77. The molecular weight excluding hydrogens is 130 g/mol. The van der Waals surface area contributed by atoms with Crippen LogP contribution in [-0.2, 0) is 4.79 Å². The molecule has 0 bridgehead atoms. The molecule has 0 aromatic rings. The molecular formula is C6H15NOSi. The van der Waals surface area contributed by atoms with Crippen LogP contribution in [0.5, 0.6) is 0 Å². The monoisotopic (exact) mass is 145 g/mol. The highest BCUT2D eigenvalue weighted by Gasteiger charge is 2.24. The molecule has 1 N–H and O–H groups in total. The van der Waals surface area contributed by atoms with Crippen molar-refractivity contribution in [3.05, 3.63) is 0 Å². The average molecular weight is 145 g/mol. The summed E-state index contributed by atoms with van der Waals surface area (Å²) in [4.78, 5) is 14.1. The lowest BCUT2D eigenvalue weighted by Crippen LogP contribution is -2.51. The van der Waals surface area contributed by atoms with Crippen molar-refractivity contribution < 1.29 is 4.79 Å². The van der Waals surface area contributed by atoms with E-state index in [4.69, 9.17) is 0 Å². The molecule has 2 nitrogen and oxygen atoms in total. The van der Waals surface area contributed by atoms with Gasteiger partial charge in [-0.05, 0) is 26.6 Å². The van der Waals surface area contributed by atoms with Crippen LogP contribution in [0, 0.1) is 0 Å². The van der Waals surface area contributed by atoms with Crippen LogP contribution in [0.15, 0.2) is 0 Å². The fourth-order valence-corrected chi connectivity index (χ4v) is 1.70. The minimum absolute atomic E-state index is 0.323. The maximum atomic E-state index is 10.9. The molecule has 0 aromatic carbocycles. The fraction of sp³-hybridized carbons (Fsp3) is 0.833. The minimum Gasteiger partial charge on any atom is -0.332 e. The first kappa shape index (κ1) is 8.85. The zero-order valence-electron chi connectivity index (χ0n) is 6.62. The van der Waals surface area contributed by atoms with Crippen LogP contribution >= 0.6 is 0 Å². The summed E-state index contributed by atoms with van der Waals surface area (Å²) in [6, 6.07) is 0. The third-order valence-electron chi connectivity index (χ3n) is 1.50. The van der Waals surface area contributed by atoms with Crippen LogP contribution in [-0.4, -0.2) is 20.2 Å². The molecule has 0 aliphatic heterocycles. The largest absolute Gasteiger partial charge is 0.332 e. The normalized spacial score (nSPS) is 11.6. The van der Waals surface area contributed by atoms with Gasteiger partial charge in [0.15, 0.2) is 8.24 Å². The van der Waals surface area contributed by atoms with Gasteiger partial charge in [-0.15, -0.1) is 0 Å². The predicted octanol–water partition coefficient (Wildman–Crippen LogP) is 0.929. The molecule has 0 atom stereocenters. The zero-order valence-corrected chi connectivity index (χ0v) is 7.62. The van der Waals surface area contributed by atoms with Crippen molar-refractivity contribution in [2.75, 3.05) is 6.54 Å². The Morgan fingerprint density at radius 3 is 2.11 bits per heavy atom. The molecule has 0 unspecified atom stereocenters. The van der Waals surface area contributed by atoms with Crippen LogP contribution < -0.4 is 4.98 Å². The Hall–Kier alpha value is -0.153. The molecule has 0 saturated heterocycles. The van der Waals surface area contributed by atoms with E-state index < -0.39 is 8.24 Å². The topological polar surface area (TPSA) is 29.1 Å². The van der Waals surface area contributed by atoms with Gasteiger partial charge in [-0.2, -0.15) is 0 Å². The number of carbonyl (C=O) groups excluding carboxylic acids is 1. The Morgan fingerprint density at radius 1 is 1.56 bits per heavy atom. The summed E-state index contributed by atoms with van der Waals surface area (Å²) in [6.07, 6.45) is 0. The van der Waals surface area contributed by atoms with Gasteiger partial charge in [-0.25, -0.2) is 0 Å². The molecule has 0 spiro atoms. The van der Waals surface area contributed by atoms with Crippen LogP contribution in [0.4, 0.5) is 0 Å². The van der Waals surface area contributed by atoms with Crippen LogP contribution in [0.25, 0.3) is 0 Å². The smallest absolute Gasteiger partial charge is 0.195 e. The lowest BCUT2D eigenvalue weighted by Gasteiger charge is -2.18. The van der Waals surface area contributed by atoms with E-state index in [0.29, 0.717) is 5.41 Å². The summed E-state index contributed by atoms with van der Waals surface area (Å²) < 4.78 is 0. The van der Waals surface area contributed by atoms with E-state index >= 15 is 0 Å². The fourth-order valence-electron chi connectivity index (χ4n) is 0.566. The van der Waals surface area contributed by atoms with Crippen molar-refractivity contribution >= 4 is 13.6 Å². The highest BCUT2D eigenvalue weighted by atomic mass is 28.3. The van der Waals surface area contributed by atoms with Gasteiger partial charge in [0, 0.05) is 0 Å². The summed E-state index contributed by atoms with van der Waals surface area (Å²) >= 11 is 0. The zero-order chi connectivity index (χ0) is 7.49. The molecule has 0 saturated carbocycles. The molecule has 0 aromatic heterocycles. The summed E-state index contributed by atoms with van der Waals surface area (Å²) in [5.41, 5.74) is 0. The first-order valence-electron chi connectivity index (χ1n) is 3.26. The van der Waals surface area contributed by atoms with Crippen molar-refractivity contribution in [3.63, 3.8) is 0 Å². The van der Waals surface area contributed by atoms with Gasteiger partial charge in [0.1, 0.15) is 5.41 Å². The highest BCUT2D eigenvalue weighted by Crippen LogP contribution is 1.96. The van der Waals surface area contributed by atoms with Gasteiger partial charge in [0.25, 0.3) is 0 Å². The Labute approximate surface area is 57.7 Å². The average Bonchev–Trinajstić information content (AvgIpc) is 1.65. The van der Waals surface area contributed by atoms with E-state index in [2.05, 4.69) is 4.98 Å². The van der Waals surface area contributed by atoms with Gasteiger partial charge < -0.3 is 9.78 Å². The number of rotatable bonds is 3. The molecule has 0 aliphatic rings. The Bertz CT molecular complexity index is 112. The van der Waals surface area contributed by atoms with E-state index in [1.807, 2.05) is 20.0 Å². The molecule has 0 aliphatic carbocycles. The van der Waals surface area contributed by atoms with Crippen molar-refractivity contribution in [1.29, 1.82) is 0 Å². The Kier molecular flexibility index (Phi) is 3.07. The maximum Gasteiger partial charge on any atom is 0.195 e. The minimum atomic E-state index is -1.67. The van der Waals surface area contributed by atoms with Crippen LogP contribution in [0.1, 0.15) is 13.8 Å². The number of nitrogens with one attached hydrogen (secondary N) is 1. The molecule has 54 valence electrons. The summed E-state index contributed by atoms with van der Waals surface area (Å²) in [5, 5.41) is 0.323. The molecule has 0 rings (SSSR count). The predicted molar refractivity (Wildman–Crippen MR) is 41.8 cm³/mol. The molecule has 0 heterocycles. The van der Waals surface area contributed by atoms with Gasteiger partial charge >= 0.3 is 0 Å². The van der Waals surface area contributed by atoms with E-state index in [9.17, 15) is 4.79 Å². The molecule has 9 heavy (non-hydrogen) atoms. The second-order valence-corrected chi connectivity index (χ2v) is 7.02. The van der Waals surface area contributed by atoms with Crippen molar-refractivity contribution in [3.8, 4) is 0 Å². The lowest BCUT2D eigenvalue weighted by molar-refractivity contribution is -0.111. The van der Waals surface area contributed by atoms with Gasteiger partial charge in [-0.1, -0.05) is 6.92 Å². The van der Waals surface area contributed by atoms with Crippen molar-refractivity contribution in [2.24, 2.45) is 0 Å². The molecule has 3 heteroatoms. The molecule has 0 radical (unpaired) electrons. The second kappa shape index (κ2) is 3.13. The quantitative estimate of drug-likeness (QED) is 0.599. The molecule has 0 amide bonds. The summed E-state index contributed by atoms with van der Waals surface area (Å²) in [6.45, 7) is 8.64. The van der Waals surface area contributed by atoms with Gasteiger partial charge in [0.05, 0.1) is 0 Å². The molecule has 0 fully saturated rings. The number of carbonyl (C=O) groups is 1. The van der Waals surface area contributed by atoms with E-state index in [1.165, 1.54) is 0 Å². The van der Waals surface area contributed by atoms with Crippen molar-refractivity contribution in [1.82, 2.24) is 4.98 Å². The SMILES string of the molecule is CCN[Si](C)(C)C(C)=O. The third-order valence-corrected chi connectivity index (χ3v) is 4.50. The van der Waals surface area contributed by atoms with Crippen molar-refractivity contribution in [2.45, 2.75) is 26.9 Å². The Morgan fingerprint density at radius 2 is 2.00 bits per heavy atom. The summed E-state index contributed by atoms with van der Waals surface area (Å²) in [5.74, 6) is 0. The maximum absolute atomic E-state index is 10.9. The Balaban J connectivity index is 3.85. The van der Waals surface area contributed by atoms with E-state index in [1.54, 1.807) is 6.92 Å².